The molecule has 1 aromatic heterocycles. The number of rotatable bonds is 5. The van der Waals surface area contributed by atoms with Gasteiger partial charge in [-0.05, 0) is 49.7 Å². The molecule has 3 fully saturated rings. The molecule has 1 heterocycles. The van der Waals surface area contributed by atoms with Gasteiger partial charge >= 0.3 is 6.18 Å². The Labute approximate surface area is 185 Å². The first kappa shape index (κ1) is 18.8. The number of aliphatic hydroxyl groups excluding tert-OH is 1. The second-order valence-corrected chi connectivity index (χ2v) is 8.58. The van der Waals surface area contributed by atoms with Crippen molar-refractivity contribution in [1.29, 1.82) is 0 Å². The molecule has 1 aromatic carbocycles. The van der Waals surface area contributed by atoms with Crippen molar-refractivity contribution in [2.45, 2.75) is 55.5 Å². The van der Waals surface area contributed by atoms with Crippen LogP contribution in [0.2, 0.25) is 0 Å². The zero-order valence-corrected chi connectivity index (χ0v) is 16.7. The zero-order valence-electron chi connectivity index (χ0n) is 19.7. The van der Waals surface area contributed by atoms with E-state index in [1.807, 2.05) is 0 Å². The third kappa shape index (κ3) is 3.50. The van der Waals surface area contributed by atoms with Crippen molar-refractivity contribution in [3.05, 3.63) is 41.2 Å². The average Bonchev–Trinajstić information content (AvgIpc) is 3.24. The number of halogens is 3. The minimum atomic E-state index is -5.27. The minimum absolute atomic E-state index is 0.270. The molecule has 1 amide bonds. The van der Waals surface area contributed by atoms with E-state index in [1.165, 1.54) is 0 Å². The molecule has 3 saturated carbocycles. The molecule has 6 N–H and O–H groups in total. The molecule has 0 radical (unpaired) electrons. The lowest BCUT2D eigenvalue weighted by atomic mass is 9.73. The van der Waals surface area contributed by atoms with E-state index in [0.717, 1.165) is 24.4 Å². The SMILES string of the molecule is [2H]C([2H])([2H])c1ccc(C(O)(CO)C(F)(F)F)cc1-c1cnc(N)c(C(=O)NC23CCC(O)(C2)C3)n1. The molecule has 8 nitrogen and oxygen atoms in total. The fourth-order valence-corrected chi connectivity index (χ4v) is 4.54. The third-order valence-electron chi connectivity index (χ3n) is 6.27. The number of aryl methyl sites for hydroxylation is 1. The summed E-state index contributed by atoms with van der Waals surface area (Å²) in [5, 5.41) is 32.4. The molecule has 3 aliphatic rings. The highest BCUT2D eigenvalue weighted by Gasteiger charge is 2.61. The number of carbonyl (C=O) groups is 1. The highest BCUT2D eigenvalue weighted by atomic mass is 19.4. The maximum atomic E-state index is 13.5. The second kappa shape index (κ2) is 7.12. The van der Waals surface area contributed by atoms with Crippen LogP contribution in [0.3, 0.4) is 0 Å². The highest BCUT2D eigenvalue weighted by Crippen LogP contribution is 2.55. The van der Waals surface area contributed by atoms with Crippen LogP contribution in [0.25, 0.3) is 11.3 Å². The predicted molar refractivity (Wildman–Crippen MR) is 107 cm³/mol. The Morgan fingerprint density at radius 3 is 2.62 bits per heavy atom. The van der Waals surface area contributed by atoms with E-state index in [-0.39, 0.29) is 22.8 Å². The van der Waals surface area contributed by atoms with Crippen molar-refractivity contribution >= 4 is 11.7 Å². The van der Waals surface area contributed by atoms with Gasteiger partial charge in [0.25, 0.3) is 5.91 Å². The van der Waals surface area contributed by atoms with E-state index in [4.69, 9.17) is 9.85 Å². The predicted octanol–water partition coefficient (Wildman–Crippen LogP) is 1.56. The van der Waals surface area contributed by atoms with Gasteiger partial charge in [-0.3, -0.25) is 4.79 Å². The molecule has 5 rings (SSSR count). The van der Waals surface area contributed by atoms with Gasteiger partial charge in [-0.2, -0.15) is 13.2 Å². The van der Waals surface area contributed by atoms with E-state index in [1.54, 1.807) is 0 Å². The lowest BCUT2D eigenvalue weighted by Crippen LogP contribution is -2.58. The number of hydrogen-bond acceptors (Lipinski definition) is 7. The van der Waals surface area contributed by atoms with Crippen LogP contribution >= 0.6 is 0 Å². The number of nitrogens with two attached hydrogens (primary N) is 1. The van der Waals surface area contributed by atoms with Crippen LogP contribution in [0.4, 0.5) is 19.0 Å². The number of aliphatic hydroxyl groups is 3. The van der Waals surface area contributed by atoms with E-state index < -0.39 is 53.4 Å². The largest absolute Gasteiger partial charge is 0.423 e. The Morgan fingerprint density at radius 1 is 1.34 bits per heavy atom. The lowest BCUT2D eigenvalue weighted by molar-refractivity contribution is -0.277. The smallest absolute Gasteiger partial charge is 0.393 e. The molecule has 0 spiro atoms. The fourth-order valence-electron chi connectivity index (χ4n) is 4.54. The monoisotopic (exact) mass is 455 g/mol. The first-order valence-electron chi connectivity index (χ1n) is 11.3. The lowest BCUT2D eigenvalue weighted by Gasteiger charge is -2.44. The number of anilines is 1. The zero-order chi connectivity index (χ0) is 26.0. The van der Waals surface area contributed by atoms with E-state index >= 15 is 0 Å². The molecule has 1 unspecified atom stereocenters. The van der Waals surface area contributed by atoms with Gasteiger partial charge in [-0.1, -0.05) is 12.1 Å². The van der Waals surface area contributed by atoms with Crippen LogP contribution in [0.5, 0.6) is 0 Å². The normalized spacial score (nSPS) is 28.1. The van der Waals surface area contributed by atoms with Crippen molar-refractivity contribution < 1.29 is 37.4 Å². The molecule has 11 heteroatoms. The third-order valence-corrected chi connectivity index (χ3v) is 6.27. The number of hydrogen-bond donors (Lipinski definition) is 5. The summed E-state index contributed by atoms with van der Waals surface area (Å²) in [6, 6.07) is 2.37. The maximum Gasteiger partial charge on any atom is 0.423 e. The summed E-state index contributed by atoms with van der Waals surface area (Å²) < 4.78 is 63.8. The number of nitrogens with one attached hydrogen (secondary N) is 1. The molecular weight excluding hydrogens is 429 g/mol. The van der Waals surface area contributed by atoms with Crippen molar-refractivity contribution in [1.82, 2.24) is 15.3 Å². The summed E-state index contributed by atoms with van der Waals surface area (Å²) in [6.07, 6.45) is -2.48. The highest BCUT2D eigenvalue weighted by molar-refractivity contribution is 5.97. The summed E-state index contributed by atoms with van der Waals surface area (Å²) in [7, 11) is 0. The number of amides is 1. The van der Waals surface area contributed by atoms with Crippen molar-refractivity contribution in [2.24, 2.45) is 0 Å². The quantitative estimate of drug-likeness (QED) is 0.461. The standard InChI is InChI=1S/C21H23F3N4O4/c1-11-2-3-12(20(32,10-29)21(22,23)24)6-13(11)14-7-26-16(25)15(27-14)17(30)28-18-4-5-19(31,8-18)9-18/h2-3,6-7,29,31-32H,4-5,8-10H2,1H3,(H2,25,26)(H,28,30)/i1D3. The van der Waals surface area contributed by atoms with Crippen LogP contribution < -0.4 is 11.1 Å². The number of benzene rings is 1. The second-order valence-electron chi connectivity index (χ2n) is 8.58. The number of carbonyl (C=O) groups excluding carboxylic acids is 1. The van der Waals surface area contributed by atoms with Gasteiger partial charge in [-0.15, -0.1) is 0 Å². The Kier molecular flexibility index (Phi) is 4.18. The van der Waals surface area contributed by atoms with Crippen LogP contribution in [0, 0.1) is 6.85 Å². The Bertz CT molecular complexity index is 1190. The number of nitrogens with zero attached hydrogens (tertiary/aromatic N) is 2. The fraction of sp³-hybridized carbons (Fsp3) is 0.476. The first-order valence-corrected chi connectivity index (χ1v) is 9.75. The summed E-state index contributed by atoms with van der Waals surface area (Å²) >= 11 is 0. The Hall–Kier alpha value is -2.76. The first-order chi connectivity index (χ1) is 16.0. The molecule has 0 aliphatic heterocycles. The van der Waals surface area contributed by atoms with Crippen molar-refractivity contribution in [2.75, 3.05) is 12.3 Å². The number of alkyl halides is 3. The molecular formula is C21H23F3N4O4. The van der Waals surface area contributed by atoms with Gasteiger partial charge in [0, 0.05) is 15.2 Å². The molecule has 3 aliphatic carbocycles. The summed E-state index contributed by atoms with van der Waals surface area (Å²) in [5.74, 6) is -1.02. The topological polar surface area (TPSA) is 142 Å². The van der Waals surface area contributed by atoms with Crippen LogP contribution in [0.1, 0.15) is 51.4 Å². The van der Waals surface area contributed by atoms with Crippen molar-refractivity contribution in [3.63, 3.8) is 0 Å². The van der Waals surface area contributed by atoms with E-state index in [9.17, 15) is 33.3 Å². The minimum Gasteiger partial charge on any atom is -0.393 e. The van der Waals surface area contributed by atoms with Crippen molar-refractivity contribution in [3.8, 4) is 11.3 Å². The van der Waals surface area contributed by atoms with Crippen LogP contribution in [-0.4, -0.2) is 55.1 Å². The van der Waals surface area contributed by atoms with Gasteiger partial charge in [0.2, 0.25) is 5.60 Å². The number of aromatic nitrogens is 2. The molecule has 1 atom stereocenters. The van der Waals surface area contributed by atoms with Gasteiger partial charge in [0.15, 0.2) is 11.5 Å². The number of nitrogen functional groups attached to an aromatic ring is 1. The molecule has 0 saturated heterocycles. The van der Waals surface area contributed by atoms with Gasteiger partial charge in [-0.25, -0.2) is 9.97 Å². The molecule has 2 bridgehead atoms. The van der Waals surface area contributed by atoms with Gasteiger partial charge < -0.3 is 26.4 Å². The van der Waals surface area contributed by atoms with E-state index in [0.29, 0.717) is 25.7 Å². The summed E-state index contributed by atoms with van der Waals surface area (Å²) in [4.78, 5) is 20.9. The van der Waals surface area contributed by atoms with Crippen LogP contribution in [0.15, 0.2) is 24.4 Å². The summed E-state index contributed by atoms with van der Waals surface area (Å²) in [6.45, 7) is -4.51. The maximum absolute atomic E-state index is 13.5. The van der Waals surface area contributed by atoms with Gasteiger partial charge in [0.05, 0.1) is 24.1 Å². The van der Waals surface area contributed by atoms with E-state index in [2.05, 4.69) is 15.3 Å². The average molecular weight is 455 g/mol. The van der Waals surface area contributed by atoms with Gasteiger partial charge in [0.1, 0.15) is 0 Å². The molecule has 172 valence electrons. The van der Waals surface area contributed by atoms with Crippen LogP contribution in [-0.2, 0) is 5.60 Å². The molecule has 2 aromatic rings. The Morgan fingerprint density at radius 2 is 2.06 bits per heavy atom. The summed E-state index contributed by atoms with van der Waals surface area (Å²) in [5.41, 5.74) is -1.51. The molecule has 32 heavy (non-hydrogen) atoms. The Balaban J connectivity index is 1.78. The number of fused-ring (bicyclic) bond motifs is 1.